The summed E-state index contributed by atoms with van der Waals surface area (Å²) < 4.78 is 1.14. The van der Waals surface area contributed by atoms with Crippen LogP contribution in [0.1, 0.15) is 19.3 Å². The van der Waals surface area contributed by atoms with E-state index in [2.05, 4.69) is 40.1 Å². The fraction of sp³-hybridized carbons (Fsp3) is 0.308. The maximum atomic E-state index is 11.9. The van der Waals surface area contributed by atoms with Crippen LogP contribution in [0.15, 0.2) is 36.4 Å². The number of nitrogens with one attached hydrogen (secondary N) is 1. The van der Waals surface area contributed by atoms with Crippen LogP contribution in [0.4, 0.5) is 5.69 Å². The van der Waals surface area contributed by atoms with Crippen LogP contribution in [-0.2, 0) is 4.79 Å². The number of carbonyl (C=O) groups is 1. The monoisotopic (exact) mass is 327 g/mol. The number of carbonyl (C=O) groups excluding carboxylic acids is 1. The lowest BCUT2D eigenvalue weighted by Gasteiger charge is -2.17. The molecule has 1 aromatic carbocycles. The van der Waals surface area contributed by atoms with Gasteiger partial charge in [-0.05, 0) is 60.1 Å². The Bertz CT molecular complexity index is 414. The number of hydrogen-bond donors (Lipinski definition) is 1. The van der Waals surface area contributed by atoms with Crippen LogP contribution < -0.4 is 5.32 Å². The van der Waals surface area contributed by atoms with E-state index in [0.717, 1.165) is 28.5 Å². The van der Waals surface area contributed by atoms with Crippen molar-refractivity contribution in [3.63, 3.8) is 0 Å². The summed E-state index contributed by atoms with van der Waals surface area (Å²) in [6.07, 6.45) is 7.10. The van der Waals surface area contributed by atoms with E-state index in [9.17, 15) is 4.79 Å². The quantitative estimate of drug-likeness (QED) is 0.653. The SMILES string of the molecule is O=C(Nc1cccc(I)c1)[C@@H]1CC=CCC1. The molecular weight excluding hydrogens is 313 g/mol. The Kier molecular flexibility index (Phi) is 3.98. The molecule has 0 aliphatic heterocycles. The van der Waals surface area contributed by atoms with Gasteiger partial charge in [0.15, 0.2) is 0 Å². The minimum absolute atomic E-state index is 0.142. The average Bonchev–Trinajstić information content (AvgIpc) is 2.30. The van der Waals surface area contributed by atoms with Gasteiger partial charge in [0.05, 0.1) is 0 Å². The molecule has 1 aliphatic rings. The lowest BCUT2D eigenvalue weighted by molar-refractivity contribution is -0.120. The van der Waals surface area contributed by atoms with Gasteiger partial charge in [0.2, 0.25) is 5.91 Å². The topological polar surface area (TPSA) is 29.1 Å². The summed E-state index contributed by atoms with van der Waals surface area (Å²) >= 11 is 2.24. The van der Waals surface area contributed by atoms with Crippen LogP contribution in [0.5, 0.6) is 0 Å². The third kappa shape index (κ3) is 3.07. The first-order valence-corrected chi connectivity index (χ1v) is 6.55. The molecule has 0 unspecified atom stereocenters. The lowest BCUT2D eigenvalue weighted by atomic mass is 9.93. The predicted molar refractivity (Wildman–Crippen MR) is 74.3 cm³/mol. The highest BCUT2D eigenvalue weighted by Gasteiger charge is 2.18. The summed E-state index contributed by atoms with van der Waals surface area (Å²) in [7, 11) is 0. The van der Waals surface area contributed by atoms with Gasteiger partial charge in [-0.25, -0.2) is 0 Å². The fourth-order valence-electron chi connectivity index (χ4n) is 1.84. The minimum atomic E-state index is 0.142. The van der Waals surface area contributed by atoms with Crippen LogP contribution in [0.2, 0.25) is 0 Å². The lowest BCUT2D eigenvalue weighted by Crippen LogP contribution is -2.23. The van der Waals surface area contributed by atoms with Crippen molar-refractivity contribution in [2.24, 2.45) is 5.92 Å². The summed E-state index contributed by atoms with van der Waals surface area (Å²) in [5.74, 6) is 0.286. The van der Waals surface area contributed by atoms with Gasteiger partial charge < -0.3 is 5.32 Å². The van der Waals surface area contributed by atoms with Gasteiger partial charge >= 0.3 is 0 Å². The molecule has 84 valence electrons. The fourth-order valence-corrected chi connectivity index (χ4v) is 2.39. The first kappa shape index (κ1) is 11.6. The van der Waals surface area contributed by atoms with Crippen LogP contribution >= 0.6 is 22.6 Å². The highest BCUT2D eigenvalue weighted by Crippen LogP contribution is 2.20. The standard InChI is InChI=1S/C13H14INO/c14-11-7-4-8-12(9-11)15-13(16)10-5-2-1-3-6-10/h1-2,4,7-10H,3,5-6H2,(H,15,16)/t10-/m1/s1. The maximum Gasteiger partial charge on any atom is 0.227 e. The molecule has 0 saturated carbocycles. The molecule has 0 saturated heterocycles. The maximum absolute atomic E-state index is 11.9. The van der Waals surface area contributed by atoms with Gasteiger partial charge in [0.25, 0.3) is 0 Å². The van der Waals surface area contributed by atoms with Crippen molar-refractivity contribution >= 4 is 34.2 Å². The minimum Gasteiger partial charge on any atom is -0.326 e. The van der Waals surface area contributed by atoms with Gasteiger partial charge in [-0.15, -0.1) is 0 Å². The van der Waals surface area contributed by atoms with Crippen LogP contribution in [-0.4, -0.2) is 5.91 Å². The van der Waals surface area contributed by atoms with E-state index in [1.807, 2.05) is 24.3 Å². The molecule has 1 aromatic rings. The Morgan fingerprint density at radius 3 is 2.94 bits per heavy atom. The molecule has 0 heterocycles. The molecule has 2 nitrogen and oxygen atoms in total. The van der Waals surface area contributed by atoms with Crippen molar-refractivity contribution in [3.8, 4) is 0 Å². The molecule has 1 N–H and O–H groups in total. The molecule has 0 radical (unpaired) electrons. The average molecular weight is 327 g/mol. The number of halogens is 1. The van der Waals surface area contributed by atoms with Crippen LogP contribution in [0.3, 0.4) is 0 Å². The van der Waals surface area contributed by atoms with E-state index in [1.165, 1.54) is 0 Å². The second kappa shape index (κ2) is 5.48. The van der Waals surface area contributed by atoms with E-state index in [4.69, 9.17) is 0 Å². The molecule has 0 spiro atoms. The number of hydrogen-bond acceptors (Lipinski definition) is 1. The van der Waals surface area contributed by atoms with Crippen LogP contribution in [0, 0.1) is 9.49 Å². The Morgan fingerprint density at radius 1 is 1.38 bits per heavy atom. The second-order valence-electron chi connectivity index (χ2n) is 3.98. The molecular formula is C13H14INO. The Hall–Kier alpha value is -0.840. The highest BCUT2D eigenvalue weighted by atomic mass is 127. The first-order chi connectivity index (χ1) is 7.75. The molecule has 2 rings (SSSR count). The van der Waals surface area contributed by atoms with E-state index >= 15 is 0 Å². The summed E-state index contributed by atoms with van der Waals surface area (Å²) in [5.41, 5.74) is 0.895. The smallest absolute Gasteiger partial charge is 0.227 e. The molecule has 16 heavy (non-hydrogen) atoms. The Balaban J connectivity index is 1.99. The van der Waals surface area contributed by atoms with Gasteiger partial charge in [0, 0.05) is 15.2 Å². The Morgan fingerprint density at radius 2 is 2.25 bits per heavy atom. The number of amides is 1. The van der Waals surface area contributed by atoms with E-state index in [-0.39, 0.29) is 11.8 Å². The van der Waals surface area contributed by atoms with Gasteiger partial charge in [-0.3, -0.25) is 4.79 Å². The molecule has 0 fully saturated rings. The molecule has 0 bridgehead atoms. The van der Waals surface area contributed by atoms with E-state index in [0.29, 0.717) is 0 Å². The summed E-state index contributed by atoms with van der Waals surface area (Å²) in [6, 6.07) is 7.88. The number of rotatable bonds is 2. The number of benzene rings is 1. The van der Waals surface area contributed by atoms with Crippen molar-refractivity contribution in [2.75, 3.05) is 5.32 Å². The van der Waals surface area contributed by atoms with Crippen molar-refractivity contribution in [3.05, 3.63) is 40.0 Å². The molecule has 1 aliphatic carbocycles. The van der Waals surface area contributed by atoms with Crippen LogP contribution in [0.25, 0.3) is 0 Å². The summed E-state index contributed by atoms with van der Waals surface area (Å²) in [6.45, 7) is 0. The number of anilines is 1. The normalized spacial score (nSPS) is 19.4. The second-order valence-corrected chi connectivity index (χ2v) is 5.23. The molecule has 0 aromatic heterocycles. The zero-order valence-corrected chi connectivity index (χ0v) is 11.1. The third-order valence-electron chi connectivity index (χ3n) is 2.73. The zero-order valence-electron chi connectivity index (χ0n) is 8.95. The van der Waals surface area contributed by atoms with Gasteiger partial charge in [-0.1, -0.05) is 18.2 Å². The van der Waals surface area contributed by atoms with Crippen molar-refractivity contribution in [1.29, 1.82) is 0 Å². The zero-order chi connectivity index (χ0) is 11.4. The van der Waals surface area contributed by atoms with Gasteiger partial charge in [-0.2, -0.15) is 0 Å². The Labute approximate surface area is 109 Å². The summed E-state index contributed by atoms with van der Waals surface area (Å²) in [4.78, 5) is 11.9. The van der Waals surface area contributed by atoms with Crippen molar-refractivity contribution < 1.29 is 4.79 Å². The molecule has 3 heteroatoms. The first-order valence-electron chi connectivity index (χ1n) is 5.47. The third-order valence-corrected chi connectivity index (χ3v) is 3.40. The summed E-state index contributed by atoms with van der Waals surface area (Å²) in [5, 5.41) is 2.97. The van der Waals surface area contributed by atoms with Crippen molar-refractivity contribution in [1.82, 2.24) is 0 Å². The molecule has 1 amide bonds. The predicted octanol–water partition coefficient (Wildman–Crippen LogP) is 3.59. The van der Waals surface area contributed by atoms with E-state index < -0.39 is 0 Å². The molecule has 1 atom stereocenters. The number of allylic oxidation sites excluding steroid dienone is 2. The van der Waals surface area contributed by atoms with E-state index in [1.54, 1.807) is 0 Å². The van der Waals surface area contributed by atoms with Gasteiger partial charge in [0.1, 0.15) is 0 Å². The van der Waals surface area contributed by atoms with Crippen molar-refractivity contribution in [2.45, 2.75) is 19.3 Å². The largest absolute Gasteiger partial charge is 0.326 e. The highest BCUT2D eigenvalue weighted by molar-refractivity contribution is 14.1.